The first-order chi connectivity index (χ1) is 11.3. The Hall–Kier alpha value is -2.18. The highest BCUT2D eigenvalue weighted by Gasteiger charge is 2.19. The maximum Gasteiger partial charge on any atom is 0.251 e. The first kappa shape index (κ1) is 18.2. The molecular formula is C17H17ClN2O3S. The van der Waals surface area contributed by atoms with Crippen LogP contribution in [0.15, 0.2) is 24.3 Å². The molecule has 126 valence electrons. The van der Waals surface area contributed by atoms with Crippen LogP contribution in [0.2, 0.25) is 5.02 Å². The Balaban J connectivity index is 1.99. The number of halogens is 1. The number of nitrogens with one attached hydrogen (secondary N) is 1. The first-order valence-electron chi connectivity index (χ1n) is 7.28. The fourth-order valence-electron chi connectivity index (χ4n) is 2.21. The molecule has 1 aromatic heterocycles. The van der Waals surface area contributed by atoms with Gasteiger partial charge in [-0.25, -0.2) is 0 Å². The molecule has 0 spiro atoms. The summed E-state index contributed by atoms with van der Waals surface area (Å²) < 4.78 is 0. The number of primary amides is 1. The van der Waals surface area contributed by atoms with Gasteiger partial charge in [-0.3, -0.25) is 14.4 Å². The van der Waals surface area contributed by atoms with Gasteiger partial charge in [-0.15, -0.1) is 11.3 Å². The molecule has 2 aromatic rings. The third-order valence-corrected chi connectivity index (χ3v) is 5.00. The van der Waals surface area contributed by atoms with Crippen molar-refractivity contribution in [3.8, 4) is 0 Å². The smallest absolute Gasteiger partial charge is 0.251 e. The van der Waals surface area contributed by atoms with Crippen LogP contribution < -0.4 is 11.1 Å². The number of anilines is 1. The van der Waals surface area contributed by atoms with Crippen molar-refractivity contribution in [1.29, 1.82) is 0 Å². The van der Waals surface area contributed by atoms with E-state index >= 15 is 0 Å². The minimum absolute atomic E-state index is 0.0235. The van der Waals surface area contributed by atoms with Crippen LogP contribution in [-0.4, -0.2) is 17.6 Å². The lowest BCUT2D eigenvalue weighted by molar-refractivity contribution is -0.116. The summed E-state index contributed by atoms with van der Waals surface area (Å²) in [7, 11) is 0. The van der Waals surface area contributed by atoms with Gasteiger partial charge in [0.15, 0.2) is 5.78 Å². The Morgan fingerprint density at radius 3 is 2.33 bits per heavy atom. The maximum absolute atomic E-state index is 12.1. The molecule has 2 amide bonds. The van der Waals surface area contributed by atoms with Gasteiger partial charge in [0.05, 0.1) is 5.56 Å². The number of amides is 2. The van der Waals surface area contributed by atoms with Crippen LogP contribution in [0.3, 0.4) is 0 Å². The fourth-order valence-corrected chi connectivity index (χ4v) is 3.42. The van der Waals surface area contributed by atoms with Crippen molar-refractivity contribution >= 4 is 45.5 Å². The molecule has 0 atom stereocenters. The second kappa shape index (κ2) is 7.59. The van der Waals surface area contributed by atoms with Gasteiger partial charge in [0, 0.05) is 28.3 Å². The highest BCUT2D eigenvalue weighted by Crippen LogP contribution is 2.32. The van der Waals surface area contributed by atoms with Gasteiger partial charge >= 0.3 is 0 Å². The molecule has 0 saturated heterocycles. The van der Waals surface area contributed by atoms with Crippen LogP contribution in [0.25, 0.3) is 0 Å². The van der Waals surface area contributed by atoms with Crippen molar-refractivity contribution in [3.63, 3.8) is 0 Å². The lowest BCUT2D eigenvalue weighted by Crippen LogP contribution is -2.18. The Morgan fingerprint density at radius 2 is 1.75 bits per heavy atom. The molecule has 7 heteroatoms. The van der Waals surface area contributed by atoms with E-state index in [4.69, 9.17) is 17.3 Å². The number of ketones is 1. The predicted octanol–water partition coefficient (Wildman–Crippen LogP) is 3.72. The van der Waals surface area contributed by atoms with E-state index < -0.39 is 5.91 Å². The van der Waals surface area contributed by atoms with Gasteiger partial charge in [-0.1, -0.05) is 11.6 Å². The summed E-state index contributed by atoms with van der Waals surface area (Å²) in [4.78, 5) is 36.6. The Kier molecular flexibility index (Phi) is 5.75. The van der Waals surface area contributed by atoms with Crippen molar-refractivity contribution in [2.45, 2.75) is 26.7 Å². The normalized spacial score (nSPS) is 10.5. The Morgan fingerprint density at radius 1 is 1.12 bits per heavy atom. The number of rotatable bonds is 6. The summed E-state index contributed by atoms with van der Waals surface area (Å²) in [5, 5.41) is 3.65. The SMILES string of the molecule is Cc1sc(NC(=O)CCC(=O)c2ccc(Cl)cc2)c(C(N)=O)c1C. The van der Waals surface area contributed by atoms with Crippen LogP contribution in [-0.2, 0) is 4.79 Å². The lowest BCUT2D eigenvalue weighted by Gasteiger charge is -2.05. The largest absolute Gasteiger partial charge is 0.365 e. The van der Waals surface area contributed by atoms with E-state index in [0.717, 1.165) is 10.4 Å². The number of thiophene rings is 1. The van der Waals surface area contributed by atoms with Gasteiger partial charge in [0.2, 0.25) is 5.91 Å². The fraction of sp³-hybridized carbons (Fsp3) is 0.235. The quantitative estimate of drug-likeness (QED) is 0.765. The predicted molar refractivity (Wildman–Crippen MR) is 96.0 cm³/mol. The number of Topliss-reactive ketones (excluding diaryl/α,β-unsaturated/α-hetero) is 1. The molecule has 24 heavy (non-hydrogen) atoms. The van der Waals surface area contributed by atoms with E-state index in [1.54, 1.807) is 31.2 Å². The molecular weight excluding hydrogens is 348 g/mol. The number of aryl methyl sites for hydroxylation is 1. The van der Waals surface area contributed by atoms with Crippen molar-refractivity contribution in [3.05, 3.63) is 50.9 Å². The number of benzene rings is 1. The minimum Gasteiger partial charge on any atom is -0.365 e. The van der Waals surface area contributed by atoms with Crippen molar-refractivity contribution in [2.75, 3.05) is 5.32 Å². The lowest BCUT2D eigenvalue weighted by atomic mass is 10.1. The highest BCUT2D eigenvalue weighted by molar-refractivity contribution is 7.16. The number of carbonyl (C=O) groups is 3. The summed E-state index contributed by atoms with van der Waals surface area (Å²) in [6, 6.07) is 6.51. The molecule has 0 fully saturated rings. The number of nitrogens with two attached hydrogens (primary N) is 1. The van der Waals surface area contributed by atoms with E-state index in [0.29, 0.717) is 21.2 Å². The molecule has 5 nitrogen and oxygen atoms in total. The number of hydrogen-bond donors (Lipinski definition) is 2. The average Bonchev–Trinajstić information content (AvgIpc) is 2.80. The van der Waals surface area contributed by atoms with Crippen molar-refractivity contribution in [1.82, 2.24) is 0 Å². The third-order valence-electron chi connectivity index (χ3n) is 3.63. The molecule has 0 aliphatic rings. The van der Waals surface area contributed by atoms with Gasteiger partial charge < -0.3 is 11.1 Å². The van der Waals surface area contributed by atoms with Crippen molar-refractivity contribution in [2.24, 2.45) is 5.73 Å². The monoisotopic (exact) mass is 364 g/mol. The first-order valence-corrected chi connectivity index (χ1v) is 8.47. The molecule has 0 aliphatic carbocycles. The Bertz CT molecular complexity index is 797. The minimum atomic E-state index is -0.579. The van der Waals surface area contributed by atoms with E-state index in [1.807, 2.05) is 6.92 Å². The molecule has 0 saturated carbocycles. The zero-order chi connectivity index (χ0) is 17.9. The second-order valence-corrected chi connectivity index (χ2v) is 6.99. The van der Waals surface area contributed by atoms with Gasteiger partial charge in [-0.05, 0) is 43.7 Å². The molecule has 3 N–H and O–H groups in total. The van der Waals surface area contributed by atoms with Crippen LogP contribution in [0.4, 0.5) is 5.00 Å². The van der Waals surface area contributed by atoms with Crippen LogP contribution >= 0.6 is 22.9 Å². The van der Waals surface area contributed by atoms with E-state index in [-0.39, 0.29) is 24.5 Å². The summed E-state index contributed by atoms with van der Waals surface area (Å²) in [6.07, 6.45) is 0.0956. The molecule has 1 aromatic carbocycles. The van der Waals surface area contributed by atoms with Gasteiger partial charge in [-0.2, -0.15) is 0 Å². The van der Waals surface area contributed by atoms with E-state index in [9.17, 15) is 14.4 Å². The Labute approximate surface area is 148 Å². The third kappa shape index (κ3) is 4.21. The summed E-state index contributed by atoms with van der Waals surface area (Å²) in [5.41, 5.74) is 6.97. The molecule has 0 bridgehead atoms. The average molecular weight is 365 g/mol. The van der Waals surface area contributed by atoms with E-state index in [2.05, 4.69) is 5.32 Å². The van der Waals surface area contributed by atoms with Gasteiger partial charge in [0.25, 0.3) is 5.91 Å². The highest BCUT2D eigenvalue weighted by atomic mass is 35.5. The molecule has 2 rings (SSSR count). The van der Waals surface area contributed by atoms with Crippen LogP contribution in [0.5, 0.6) is 0 Å². The molecule has 0 aliphatic heterocycles. The van der Waals surface area contributed by atoms with Gasteiger partial charge in [0.1, 0.15) is 5.00 Å². The summed E-state index contributed by atoms with van der Waals surface area (Å²) >= 11 is 7.07. The topological polar surface area (TPSA) is 89.3 Å². The zero-order valence-corrected chi connectivity index (χ0v) is 14.9. The number of carbonyl (C=O) groups excluding carboxylic acids is 3. The maximum atomic E-state index is 12.1. The molecule has 0 radical (unpaired) electrons. The second-order valence-electron chi connectivity index (χ2n) is 5.33. The van der Waals surface area contributed by atoms with Crippen LogP contribution in [0, 0.1) is 13.8 Å². The summed E-state index contributed by atoms with van der Waals surface area (Å²) in [5.74, 6) is -1.05. The molecule has 0 unspecified atom stereocenters. The standard InChI is InChI=1S/C17H17ClN2O3S/c1-9-10(2)24-17(15(9)16(19)23)20-14(22)8-7-13(21)11-3-5-12(18)6-4-11/h3-6H,7-8H2,1-2H3,(H2,19,23)(H,20,22). The summed E-state index contributed by atoms with van der Waals surface area (Å²) in [6.45, 7) is 3.64. The van der Waals surface area contributed by atoms with E-state index in [1.165, 1.54) is 11.3 Å². The van der Waals surface area contributed by atoms with Crippen molar-refractivity contribution < 1.29 is 14.4 Å². The molecule has 1 heterocycles. The van der Waals surface area contributed by atoms with Crippen LogP contribution in [0.1, 0.15) is 44.0 Å². The zero-order valence-electron chi connectivity index (χ0n) is 13.3. The number of hydrogen-bond acceptors (Lipinski definition) is 4.